The number of hydrogen-bond acceptors (Lipinski definition) is 6. The fourth-order valence-corrected chi connectivity index (χ4v) is 4.94. The molecule has 2 saturated heterocycles. The minimum Gasteiger partial charge on any atom is -0.505 e. The third kappa shape index (κ3) is 4.11. The third-order valence-corrected chi connectivity index (χ3v) is 6.71. The van der Waals surface area contributed by atoms with E-state index in [1.54, 1.807) is 23.6 Å². The summed E-state index contributed by atoms with van der Waals surface area (Å²) in [5, 5.41) is 11.5. The molecule has 5 rings (SSSR count). The zero-order valence-corrected chi connectivity index (χ0v) is 19.7. The smallest absolute Gasteiger partial charge is 0.295 e. The van der Waals surface area contributed by atoms with Gasteiger partial charge >= 0.3 is 0 Å². The minimum atomic E-state index is -0.915. The Kier molecular flexibility index (Phi) is 6.12. The number of aryl methyl sites for hydroxylation is 2. The molecule has 0 spiro atoms. The van der Waals surface area contributed by atoms with Gasteiger partial charge in [-0.15, -0.1) is 0 Å². The van der Waals surface area contributed by atoms with Gasteiger partial charge in [-0.05, 0) is 43.2 Å². The number of aliphatic hydroxyl groups is 1. The number of carbonyl (C=O) groups is 2. The molecule has 8 nitrogen and oxygen atoms in total. The molecule has 182 valence electrons. The van der Waals surface area contributed by atoms with Crippen LogP contribution < -0.4 is 0 Å². The fourth-order valence-electron chi connectivity index (χ4n) is 4.94. The van der Waals surface area contributed by atoms with Crippen molar-refractivity contribution in [1.29, 1.82) is 0 Å². The third-order valence-electron chi connectivity index (χ3n) is 6.71. The van der Waals surface area contributed by atoms with Gasteiger partial charge in [0.05, 0.1) is 30.5 Å². The van der Waals surface area contributed by atoms with Gasteiger partial charge in [-0.2, -0.15) is 0 Å². The number of ether oxygens (including phenoxy) is 1. The summed E-state index contributed by atoms with van der Waals surface area (Å²) >= 11 is 0. The molecule has 0 saturated carbocycles. The Bertz CT molecular complexity index is 1340. The van der Waals surface area contributed by atoms with Crippen LogP contribution in [0.1, 0.15) is 28.6 Å². The van der Waals surface area contributed by atoms with Crippen LogP contribution in [0.4, 0.5) is 4.39 Å². The number of pyridine rings is 1. The summed E-state index contributed by atoms with van der Waals surface area (Å²) < 4.78 is 21.3. The van der Waals surface area contributed by atoms with Crippen molar-refractivity contribution >= 4 is 23.1 Å². The van der Waals surface area contributed by atoms with Crippen LogP contribution in [0.2, 0.25) is 0 Å². The number of halogens is 1. The average Bonchev–Trinajstić information content (AvgIpc) is 3.32. The second-order valence-electron chi connectivity index (χ2n) is 8.93. The summed E-state index contributed by atoms with van der Waals surface area (Å²) in [6.07, 6.45) is 1.75. The zero-order valence-electron chi connectivity index (χ0n) is 19.7. The van der Waals surface area contributed by atoms with Crippen molar-refractivity contribution in [3.63, 3.8) is 0 Å². The van der Waals surface area contributed by atoms with E-state index in [4.69, 9.17) is 4.74 Å². The molecule has 1 N–H and O–H groups in total. The Balaban J connectivity index is 1.63. The van der Waals surface area contributed by atoms with Gasteiger partial charge in [0.2, 0.25) is 0 Å². The Morgan fingerprint density at radius 2 is 1.91 bits per heavy atom. The van der Waals surface area contributed by atoms with E-state index in [1.807, 2.05) is 19.1 Å². The first-order valence-electron chi connectivity index (χ1n) is 11.7. The Hall–Kier alpha value is -3.56. The van der Waals surface area contributed by atoms with Gasteiger partial charge in [0, 0.05) is 32.4 Å². The largest absolute Gasteiger partial charge is 0.505 e. The molecule has 1 atom stereocenters. The predicted molar refractivity (Wildman–Crippen MR) is 127 cm³/mol. The number of amides is 1. The zero-order chi connectivity index (χ0) is 24.7. The highest BCUT2D eigenvalue weighted by Crippen LogP contribution is 2.40. The van der Waals surface area contributed by atoms with Crippen LogP contribution in [0.15, 0.2) is 48.2 Å². The van der Waals surface area contributed by atoms with Crippen molar-refractivity contribution in [2.45, 2.75) is 19.9 Å². The van der Waals surface area contributed by atoms with Gasteiger partial charge in [0.15, 0.2) is 5.76 Å². The number of aromatic nitrogens is 2. The molecule has 1 aromatic carbocycles. The van der Waals surface area contributed by atoms with Gasteiger partial charge in [-0.25, -0.2) is 9.37 Å². The summed E-state index contributed by atoms with van der Waals surface area (Å²) in [7, 11) is 0. The molecule has 35 heavy (non-hydrogen) atoms. The molecule has 2 aliphatic heterocycles. The summed E-state index contributed by atoms with van der Waals surface area (Å²) in [6.45, 7) is 7.13. The van der Waals surface area contributed by atoms with E-state index in [0.29, 0.717) is 42.4 Å². The molecular weight excluding hydrogens is 451 g/mol. The van der Waals surface area contributed by atoms with E-state index in [-0.39, 0.29) is 17.9 Å². The van der Waals surface area contributed by atoms with E-state index in [9.17, 15) is 19.1 Å². The Morgan fingerprint density at radius 3 is 2.66 bits per heavy atom. The molecule has 0 aliphatic carbocycles. The number of rotatable bonds is 5. The van der Waals surface area contributed by atoms with Crippen molar-refractivity contribution in [3.05, 3.63) is 76.5 Å². The van der Waals surface area contributed by atoms with E-state index in [0.717, 1.165) is 18.7 Å². The second-order valence-corrected chi connectivity index (χ2v) is 8.93. The molecule has 1 amide bonds. The van der Waals surface area contributed by atoms with E-state index >= 15 is 0 Å². The van der Waals surface area contributed by atoms with Crippen LogP contribution in [-0.4, -0.2) is 75.4 Å². The highest BCUT2D eigenvalue weighted by molar-refractivity contribution is 6.46. The number of aliphatic hydroxyl groups excluding tert-OH is 1. The lowest BCUT2D eigenvalue weighted by atomic mass is 9.96. The quantitative estimate of drug-likeness (QED) is 0.345. The molecule has 0 radical (unpaired) electrons. The fraction of sp³-hybridized carbons (Fsp3) is 0.346. The lowest BCUT2D eigenvalue weighted by Gasteiger charge is -2.31. The highest BCUT2D eigenvalue weighted by Gasteiger charge is 2.46. The number of morpholine rings is 1. The standard InChI is InChI=1S/C26H27FN4O4/c1-16-5-4-8-30-21(17(2)28-25(16)30)23(32)20-22(18-6-3-7-19(27)15-18)31(26(34)24(20)33)10-9-29-11-13-35-14-12-29/h3-8,15,22,32H,9-14H2,1-2H3/t22-/m1/s1. The number of likely N-dealkylation sites (tertiary alicyclic amines) is 1. The number of carbonyl (C=O) groups excluding carboxylic acids is 2. The monoisotopic (exact) mass is 478 g/mol. The molecular formula is C26H27FN4O4. The van der Waals surface area contributed by atoms with Gasteiger partial charge in [0.1, 0.15) is 17.2 Å². The van der Waals surface area contributed by atoms with Crippen LogP contribution in [0, 0.1) is 19.7 Å². The molecule has 2 aromatic heterocycles. The number of hydrogen-bond donors (Lipinski definition) is 1. The highest BCUT2D eigenvalue weighted by atomic mass is 19.1. The van der Waals surface area contributed by atoms with Crippen LogP contribution in [0.25, 0.3) is 11.4 Å². The molecule has 4 heterocycles. The number of Topliss-reactive ketones (excluding diaryl/α,β-unsaturated/α-hetero) is 1. The van der Waals surface area contributed by atoms with Gasteiger partial charge < -0.3 is 14.7 Å². The first-order valence-corrected chi connectivity index (χ1v) is 11.7. The maximum atomic E-state index is 14.2. The molecule has 0 unspecified atom stereocenters. The number of fused-ring (bicyclic) bond motifs is 1. The van der Waals surface area contributed by atoms with Gasteiger partial charge in [-0.3, -0.25) is 18.9 Å². The molecule has 3 aromatic rings. The van der Waals surface area contributed by atoms with Crippen LogP contribution in [-0.2, 0) is 14.3 Å². The predicted octanol–water partition coefficient (Wildman–Crippen LogP) is 2.84. The van der Waals surface area contributed by atoms with E-state index in [2.05, 4.69) is 9.88 Å². The SMILES string of the molecule is Cc1nc2c(C)cccn2c1C(O)=C1C(=O)C(=O)N(CCN2CCOCC2)[C@@H]1c1cccc(F)c1. The molecule has 2 fully saturated rings. The summed E-state index contributed by atoms with van der Waals surface area (Å²) in [4.78, 5) is 34.7. The normalized spacial score (nSPS) is 20.8. The van der Waals surface area contributed by atoms with Crippen molar-refractivity contribution in [1.82, 2.24) is 19.2 Å². The topological polar surface area (TPSA) is 87.4 Å². The van der Waals surface area contributed by atoms with Crippen molar-refractivity contribution in [2.75, 3.05) is 39.4 Å². The maximum absolute atomic E-state index is 14.2. The molecule has 0 bridgehead atoms. The summed E-state index contributed by atoms with van der Waals surface area (Å²) in [5.74, 6) is -2.30. The summed E-state index contributed by atoms with van der Waals surface area (Å²) in [6, 6.07) is 8.63. The lowest BCUT2D eigenvalue weighted by molar-refractivity contribution is -0.140. The number of nitrogens with zero attached hydrogens (tertiary/aromatic N) is 4. The van der Waals surface area contributed by atoms with Crippen molar-refractivity contribution in [3.8, 4) is 0 Å². The molecule has 9 heteroatoms. The number of ketones is 1. The van der Waals surface area contributed by atoms with Gasteiger partial charge in [-0.1, -0.05) is 18.2 Å². The van der Waals surface area contributed by atoms with E-state index < -0.39 is 23.5 Å². The van der Waals surface area contributed by atoms with Crippen LogP contribution in [0.5, 0.6) is 0 Å². The maximum Gasteiger partial charge on any atom is 0.295 e. The average molecular weight is 479 g/mol. The van der Waals surface area contributed by atoms with E-state index in [1.165, 1.54) is 23.1 Å². The van der Waals surface area contributed by atoms with Crippen molar-refractivity contribution in [2.24, 2.45) is 0 Å². The van der Waals surface area contributed by atoms with Gasteiger partial charge in [0.25, 0.3) is 11.7 Å². The van der Waals surface area contributed by atoms with Crippen LogP contribution >= 0.6 is 0 Å². The summed E-state index contributed by atoms with van der Waals surface area (Å²) in [5.41, 5.74) is 2.78. The first-order chi connectivity index (χ1) is 16.9. The first kappa shape index (κ1) is 23.2. The Labute approximate surface area is 202 Å². The van der Waals surface area contributed by atoms with Crippen molar-refractivity contribution < 1.29 is 23.8 Å². The number of benzene rings is 1. The lowest BCUT2D eigenvalue weighted by Crippen LogP contribution is -2.42. The molecule has 2 aliphatic rings. The Morgan fingerprint density at radius 1 is 1.14 bits per heavy atom. The van der Waals surface area contributed by atoms with Crippen LogP contribution in [0.3, 0.4) is 0 Å². The minimum absolute atomic E-state index is 0.0611. The number of imidazole rings is 1. The second kappa shape index (κ2) is 9.24.